The smallest absolute Gasteiger partial charge is 0.123 e. The van der Waals surface area contributed by atoms with Crippen molar-refractivity contribution in [2.24, 2.45) is 11.7 Å². The Morgan fingerprint density at radius 3 is 2.58 bits per heavy atom. The van der Waals surface area contributed by atoms with Gasteiger partial charge in [0.25, 0.3) is 0 Å². The van der Waals surface area contributed by atoms with E-state index in [0.29, 0.717) is 12.0 Å². The fourth-order valence-corrected chi connectivity index (χ4v) is 3.00. The lowest BCUT2D eigenvalue weighted by atomic mass is 10.1. The van der Waals surface area contributed by atoms with Crippen molar-refractivity contribution in [2.45, 2.75) is 25.9 Å². The molecule has 1 aromatic carbocycles. The van der Waals surface area contributed by atoms with Crippen LogP contribution in [0.15, 0.2) is 18.2 Å². The van der Waals surface area contributed by atoms with E-state index < -0.39 is 0 Å². The minimum atomic E-state index is -0.215. The molecule has 0 spiro atoms. The second-order valence-electron chi connectivity index (χ2n) is 5.91. The van der Waals surface area contributed by atoms with E-state index in [0.717, 1.165) is 24.3 Å². The largest absolute Gasteiger partial charge is 0.369 e. The molecule has 3 atom stereocenters. The topological polar surface area (TPSA) is 32.5 Å². The van der Waals surface area contributed by atoms with Crippen molar-refractivity contribution in [3.8, 4) is 0 Å². The van der Waals surface area contributed by atoms with Crippen LogP contribution in [0.3, 0.4) is 0 Å². The van der Waals surface area contributed by atoms with Crippen molar-refractivity contribution in [1.82, 2.24) is 4.90 Å². The van der Waals surface area contributed by atoms with E-state index in [-0.39, 0.29) is 11.9 Å². The number of nitrogens with two attached hydrogens (primary N) is 1. The Hall–Kier alpha value is -1.13. The van der Waals surface area contributed by atoms with Gasteiger partial charge in [0.05, 0.1) is 0 Å². The fraction of sp³-hybridized carbons (Fsp3) is 0.600. The molecule has 0 aromatic heterocycles. The van der Waals surface area contributed by atoms with Crippen LogP contribution in [0, 0.1) is 11.7 Å². The second-order valence-corrected chi connectivity index (χ2v) is 5.91. The summed E-state index contributed by atoms with van der Waals surface area (Å²) in [4.78, 5) is 4.59. The molecule has 1 aliphatic rings. The van der Waals surface area contributed by atoms with Gasteiger partial charge in [-0.15, -0.1) is 0 Å². The summed E-state index contributed by atoms with van der Waals surface area (Å²) in [7, 11) is 4.23. The van der Waals surface area contributed by atoms with E-state index in [1.807, 2.05) is 13.0 Å². The molecule has 1 fully saturated rings. The molecule has 0 amide bonds. The van der Waals surface area contributed by atoms with Crippen LogP contribution in [0.25, 0.3) is 0 Å². The number of hydrogen-bond donors (Lipinski definition) is 1. The highest BCUT2D eigenvalue weighted by molar-refractivity contribution is 5.56. The van der Waals surface area contributed by atoms with Gasteiger partial charge in [0, 0.05) is 30.9 Å². The average Bonchev–Trinajstić information content (AvgIpc) is 2.71. The van der Waals surface area contributed by atoms with Crippen molar-refractivity contribution in [3.63, 3.8) is 0 Å². The highest BCUT2D eigenvalue weighted by Crippen LogP contribution is 2.31. The minimum Gasteiger partial charge on any atom is -0.369 e. The minimum absolute atomic E-state index is 0.153. The zero-order valence-corrected chi connectivity index (χ0v) is 12.2. The van der Waals surface area contributed by atoms with Crippen LogP contribution in [-0.4, -0.2) is 38.1 Å². The Morgan fingerprint density at radius 2 is 2.05 bits per heavy atom. The molecular weight excluding hydrogens is 241 g/mol. The van der Waals surface area contributed by atoms with Gasteiger partial charge in [0.1, 0.15) is 5.82 Å². The fourth-order valence-electron chi connectivity index (χ4n) is 3.00. The highest BCUT2D eigenvalue weighted by Gasteiger charge is 2.32. The Bertz CT molecular complexity index is 445. The summed E-state index contributed by atoms with van der Waals surface area (Å²) < 4.78 is 13.4. The van der Waals surface area contributed by atoms with Gasteiger partial charge in [-0.3, -0.25) is 0 Å². The van der Waals surface area contributed by atoms with Crippen molar-refractivity contribution in [1.29, 1.82) is 0 Å². The lowest BCUT2D eigenvalue weighted by Crippen LogP contribution is -2.34. The maximum Gasteiger partial charge on any atom is 0.123 e. The SMILES string of the molecule is CC1CN(c2ccc(F)cc2[C@H](C)N)CC1N(C)C. The predicted molar refractivity (Wildman–Crippen MR) is 77.9 cm³/mol. The maximum absolute atomic E-state index is 13.4. The standard InChI is InChI=1S/C15H24FN3/c1-10-8-19(9-15(10)18(3)4)14-6-5-12(16)7-13(14)11(2)17/h5-7,10-11,15H,8-9,17H2,1-4H3/t10?,11-,15?/m0/s1. The molecule has 0 bridgehead atoms. The molecular formula is C15H24FN3. The second kappa shape index (κ2) is 5.47. The van der Waals surface area contributed by atoms with Crippen LogP contribution in [0.2, 0.25) is 0 Å². The summed E-state index contributed by atoms with van der Waals surface area (Å²) in [5.74, 6) is 0.383. The average molecular weight is 265 g/mol. The first-order valence-electron chi connectivity index (χ1n) is 6.86. The van der Waals surface area contributed by atoms with Crippen LogP contribution < -0.4 is 10.6 Å². The number of benzene rings is 1. The summed E-state index contributed by atoms with van der Waals surface area (Å²) in [5.41, 5.74) is 7.95. The third kappa shape index (κ3) is 2.90. The van der Waals surface area contributed by atoms with Crippen LogP contribution in [-0.2, 0) is 0 Å². The van der Waals surface area contributed by atoms with E-state index in [1.54, 1.807) is 6.07 Å². The monoisotopic (exact) mass is 265 g/mol. The van der Waals surface area contributed by atoms with Crippen LogP contribution in [0.1, 0.15) is 25.5 Å². The lowest BCUT2D eigenvalue weighted by Gasteiger charge is -2.25. The number of hydrogen-bond acceptors (Lipinski definition) is 3. The van der Waals surface area contributed by atoms with Crippen LogP contribution >= 0.6 is 0 Å². The molecule has 1 heterocycles. The molecule has 0 saturated carbocycles. The number of anilines is 1. The molecule has 2 rings (SSSR count). The summed E-state index contributed by atoms with van der Waals surface area (Å²) >= 11 is 0. The Kier molecular flexibility index (Phi) is 4.11. The van der Waals surface area contributed by atoms with Gasteiger partial charge in [0.2, 0.25) is 0 Å². The molecule has 19 heavy (non-hydrogen) atoms. The number of halogens is 1. The van der Waals surface area contributed by atoms with Gasteiger partial charge >= 0.3 is 0 Å². The first kappa shape index (κ1) is 14.3. The van der Waals surface area contributed by atoms with Crippen molar-refractivity contribution < 1.29 is 4.39 Å². The molecule has 3 nitrogen and oxygen atoms in total. The number of rotatable bonds is 3. The first-order valence-corrected chi connectivity index (χ1v) is 6.86. The van der Waals surface area contributed by atoms with Gasteiger partial charge < -0.3 is 15.5 Å². The Labute approximate surface area is 115 Å². The quantitative estimate of drug-likeness (QED) is 0.909. The summed E-state index contributed by atoms with van der Waals surface area (Å²) in [6, 6.07) is 5.33. The highest BCUT2D eigenvalue weighted by atomic mass is 19.1. The zero-order valence-electron chi connectivity index (χ0n) is 12.2. The molecule has 0 aliphatic carbocycles. The van der Waals surface area contributed by atoms with Crippen molar-refractivity contribution in [2.75, 3.05) is 32.1 Å². The summed E-state index contributed by atoms with van der Waals surface area (Å²) in [6.45, 7) is 6.13. The van der Waals surface area contributed by atoms with E-state index in [2.05, 4.69) is 30.8 Å². The van der Waals surface area contributed by atoms with Gasteiger partial charge in [-0.1, -0.05) is 6.92 Å². The molecule has 0 radical (unpaired) electrons. The lowest BCUT2D eigenvalue weighted by molar-refractivity contribution is 0.266. The van der Waals surface area contributed by atoms with Crippen molar-refractivity contribution in [3.05, 3.63) is 29.6 Å². The van der Waals surface area contributed by atoms with E-state index in [1.165, 1.54) is 6.07 Å². The van der Waals surface area contributed by atoms with Gasteiger partial charge in [-0.2, -0.15) is 0 Å². The van der Waals surface area contributed by atoms with Gasteiger partial charge in [-0.05, 0) is 50.7 Å². The predicted octanol–water partition coefficient (Wildman–Crippen LogP) is 2.23. The maximum atomic E-state index is 13.4. The normalized spacial score (nSPS) is 25.1. The zero-order chi connectivity index (χ0) is 14.2. The van der Waals surface area contributed by atoms with E-state index in [9.17, 15) is 4.39 Å². The van der Waals surface area contributed by atoms with E-state index in [4.69, 9.17) is 5.73 Å². The van der Waals surface area contributed by atoms with Crippen molar-refractivity contribution >= 4 is 5.69 Å². The first-order chi connectivity index (χ1) is 8.90. The molecule has 2 N–H and O–H groups in total. The van der Waals surface area contributed by atoms with Gasteiger partial charge in [0.15, 0.2) is 0 Å². The summed E-state index contributed by atoms with van der Waals surface area (Å²) in [5, 5.41) is 0. The molecule has 1 aliphatic heterocycles. The van der Waals surface area contributed by atoms with E-state index >= 15 is 0 Å². The third-order valence-electron chi connectivity index (χ3n) is 4.06. The number of likely N-dealkylation sites (N-methyl/N-ethyl adjacent to an activating group) is 1. The van der Waals surface area contributed by atoms with Crippen LogP contribution in [0.5, 0.6) is 0 Å². The molecule has 106 valence electrons. The molecule has 4 heteroatoms. The van der Waals surface area contributed by atoms with Gasteiger partial charge in [-0.25, -0.2) is 4.39 Å². The molecule has 2 unspecified atom stereocenters. The molecule has 1 aromatic rings. The Balaban J connectivity index is 2.28. The van der Waals surface area contributed by atoms with Crippen LogP contribution in [0.4, 0.5) is 10.1 Å². The number of nitrogens with zero attached hydrogens (tertiary/aromatic N) is 2. The molecule has 1 saturated heterocycles. The third-order valence-corrected chi connectivity index (χ3v) is 4.06. The Morgan fingerprint density at radius 1 is 1.37 bits per heavy atom. The summed E-state index contributed by atoms with van der Waals surface area (Å²) in [6.07, 6.45) is 0.